The van der Waals surface area contributed by atoms with Crippen LogP contribution in [0.25, 0.3) is 0 Å². The average Bonchev–Trinajstić information content (AvgIpc) is 3.47. The van der Waals surface area contributed by atoms with Gasteiger partial charge in [0.05, 0.1) is 19.8 Å². The Labute approximate surface area is 505 Å². The molecule has 482 valence electrons. The minimum Gasteiger partial charge on any atom is -0.462 e. The smallest absolute Gasteiger partial charge is 0.462 e. The maximum Gasteiger partial charge on any atom is 0.472 e. The molecule has 82 heavy (non-hydrogen) atoms. The number of phosphoric ester groups is 1. The molecular weight excluding hydrogens is 1050 g/mol. The number of aliphatic hydroxyl groups excluding tert-OH is 1. The van der Waals surface area contributed by atoms with Gasteiger partial charge in [0.25, 0.3) is 0 Å². The number of carbonyl (C=O) groups excluding carboxylic acids is 3. The minimum absolute atomic E-state index is 0.168. The Morgan fingerprint density at radius 1 is 0.341 bits per heavy atom. The molecule has 0 aromatic rings. The van der Waals surface area contributed by atoms with Crippen LogP contribution in [-0.2, 0) is 42.2 Å². The summed E-state index contributed by atoms with van der Waals surface area (Å²) in [6.45, 7) is 4.70. The molecular formula is C70H131O11P. The van der Waals surface area contributed by atoms with Crippen LogP contribution in [0, 0.1) is 0 Å². The first-order valence-electron chi connectivity index (χ1n) is 34.9. The summed E-state index contributed by atoms with van der Waals surface area (Å²) in [6, 6.07) is 0. The van der Waals surface area contributed by atoms with E-state index in [4.69, 9.17) is 23.3 Å². The summed E-state index contributed by atoms with van der Waals surface area (Å²) in [6.07, 6.45) is 70.9. The maximum atomic E-state index is 13.0. The molecule has 0 rings (SSSR count). The monoisotopic (exact) mass is 1180 g/mol. The van der Waals surface area contributed by atoms with Crippen LogP contribution in [0.5, 0.6) is 0 Å². The molecule has 2 N–H and O–H groups in total. The topological polar surface area (TPSA) is 155 Å². The van der Waals surface area contributed by atoms with Gasteiger partial charge in [-0.1, -0.05) is 295 Å². The Morgan fingerprint density at radius 2 is 0.598 bits per heavy atom. The van der Waals surface area contributed by atoms with Crippen LogP contribution in [0.1, 0.15) is 355 Å². The van der Waals surface area contributed by atoms with E-state index in [0.717, 1.165) is 70.6 Å². The summed E-state index contributed by atoms with van der Waals surface area (Å²) in [5.74, 6) is -1.44. The highest BCUT2D eigenvalue weighted by Crippen LogP contribution is 2.43. The minimum atomic E-state index is -4.75. The molecule has 11 nitrogen and oxygen atoms in total. The van der Waals surface area contributed by atoms with Crippen LogP contribution < -0.4 is 0 Å². The van der Waals surface area contributed by atoms with Crippen molar-refractivity contribution in [1.29, 1.82) is 0 Å². The summed E-state index contributed by atoms with van der Waals surface area (Å²) < 4.78 is 39.8. The third-order valence-corrected chi connectivity index (χ3v) is 16.5. The molecule has 0 heterocycles. The highest BCUT2D eigenvalue weighted by Gasteiger charge is 2.28. The van der Waals surface area contributed by atoms with Crippen molar-refractivity contribution >= 4 is 25.7 Å². The molecule has 0 aliphatic heterocycles. The largest absolute Gasteiger partial charge is 0.472 e. The van der Waals surface area contributed by atoms with E-state index in [2.05, 4.69) is 57.2 Å². The number of ether oxygens (including phenoxy) is 3. The lowest BCUT2D eigenvalue weighted by Crippen LogP contribution is -2.30. The summed E-state index contributed by atoms with van der Waals surface area (Å²) in [5, 5.41) is 9.88. The molecule has 0 spiro atoms. The van der Waals surface area contributed by atoms with Gasteiger partial charge in [0.15, 0.2) is 6.10 Å². The fourth-order valence-electron chi connectivity index (χ4n) is 10.2. The second-order valence-corrected chi connectivity index (χ2v) is 25.2. The van der Waals surface area contributed by atoms with Crippen molar-refractivity contribution in [3.63, 3.8) is 0 Å². The van der Waals surface area contributed by atoms with E-state index in [0.29, 0.717) is 19.3 Å². The molecule has 0 aromatic heterocycles. The van der Waals surface area contributed by atoms with Crippen LogP contribution in [0.15, 0.2) is 36.5 Å². The predicted octanol–water partition coefficient (Wildman–Crippen LogP) is 21.5. The number of phosphoric acid groups is 1. The summed E-state index contributed by atoms with van der Waals surface area (Å²) >= 11 is 0. The van der Waals surface area contributed by atoms with E-state index in [9.17, 15) is 28.9 Å². The van der Waals surface area contributed by atoms with Gasteiger partial charge in [-0.3, -0.25) is 23.4 Å². The van der Waals surface area contributed by atoms with Crippen LogP contribution >= 0.6 is 7.82 Å². The molecule has 0 saturated heterocycles. The lowest BCUT2D eigenvalue weighted by Gasteiger charge is -2.21. The summed E-state index contributed by atoms with van der Waals surface area (Å²) in [7, 11) is -4.75. The van der Waals surface area contributed by atoms with Gasteiger partial charge in [0, 0.05) is 19.3 Å². The number of hydrogen-bond acceptors (Lipinski definition) is 10. The zero-order chi connectivity index (χ0) is 59.8. The van der Waals surface area contributed by atoms with Gasteiger partial charge < -0.3 is 24.2 Å². The average molecular weight is 1180 g/mol. The second-order valence-electron chi connectivity index (χ2n) is 23.7. The van der Waals surface area contributed by atoms with Crippen molar-refractivity contribution in [2.24, 2.45) is 0 Å². The molecule has 0 fully saturated rings. The molecule has 0 saturated carbocycles. The number of rotatable bonds is 66. The molecule has 0 aromatic carbocycles. The second kappa shape index (κ2) is 64.7. The zero-order valence-corrected chi connectivity index (χ0v) is 54.6. The Morgan fingerprint density at radius 3 is 0.939 bits per heavy atom. The van der Waals surface area contributed by atoms with E-state index >= 15 is 0 Å². The number of unbranched alkanes of at least 4 members (excludes halogenated alkanes) is 43. The van der Waals surface area contributed by atoms with Gasteiger partial charge in [-0.2, -0.15) is 0 Å². The molecule has 0 aliphatic carbocycles. The number of hydrogen-bond donors (Lipinski definition) is 2. The standard InChI is InChI=1S/C70H131O11P/c1-4-7-10-13-16-19-22-25-28-31-33-36-38-41-44-47-50-53-56-59-68(72)77-63-67(81-70(74)61-58-55-52-49-46-43-40-37-34-32-29-26-23-20-17-14-11-8-5-2)65-79-82(75,76)78-64-66(62-71)80-69(73)60-57-54-51-48-45-42-39-35-30-27-24-21-18-15-12-9-6-3/h16,19,25-26,28-29,66-67,71H,4-15,17-18,20-24,27,30-65H2,1-3H3,(H,75,76)/b19-16-,28-25-,29-26-. The molecule has 0 amide bonds. The Balaban J connectivity index is 4.65. The normalized spacial score (nSPS) is 13.4. The Hall–Kier alpha value is -2.30. The third-order valence-electron chi connectivity index (χ3n) is 15.5. The fraction of sp³-hybridized carbons (Fsp3) is 0.871. The van der Waals surface area contributed by atoms with E-state index in [-0.39, 0.29) is 25.9 Å². The molecule has 0 radical (unpaired) electrons. The lowest BCUT2D eigenvalue weighted by molar-refractivity contribution is -0.161. The van der Waals surface area contributed by atoms with Crippen LogP contribution in [0.4, 0.5) is 0 Å². The highest BCUT2D eigenvalue weighted by molar-refractivity contribution is 7.47. The van der Waals surface area contributed by atoms with Gasteiger partial charge in [0.1, 0.15) is 12.7 Å². The quantitative estimate of drug-likeness (QED) is 0.0197. The van der Waals surface area contributed by atoms with Crippen molar-refractivity contribution in [3.05, 3.63) is 36.5 Å². The van der Waals surface area contributed by atoms with Gasteiger partial charge in [-0.15, -0.1) is 0 Å². The molecule has 0 aliphatic rings. The van der Waals surface area contributed by atoms with Crippen molar-refractivity contribution in [2.45, 2.75) is 367 Å². The van der Waals surface area contributed by atoms with Crippen molar-refractivity contribution in [3.8, 4) is 0 Å². The maximum absolute atomic E-state index is 13.0. The van der Waals surface area contributed by atoms with Crippen molar-refractivity contribution < 1.29 is 52.2 Å². The number of carbonyl (C=O) groups is 3. The van der Waals surface area contributed by atoms with E-state index in [1.807, 2.05) is 0 Å². The van der Waals surface area contributed by atoms with Gasteiger partial charge in [0.2, 0.25) is 0 Å². The van der Waals surface area contributed by atoms with Gasteiger partial charge in [-0.05, 0) is 77.0 Å². The number of esters is 3. The SMILES string of the molecule is CCCCC/C=C\C/C=C\CCCCCCCCCCCC(=O)OCC(COP(=O)(O)OCC(CO)OC(=O)CCCCCCCCCCCCCCCCCCC)OC(=O)CCCCCCCCCCC/C=C\CCCCCCCC. The Bertz CT molecular complexity index is 1520. The first kappa shape index (κ1) is 79.7. The first-order valence-corrected chi connectivity index (χ1v) is 36.4. The van der Waals surface area contributed by atoms with Crippen LogP contribution in [0.3, 0.4) is 0 Å². The fourth-order valence-corrected chi connectivity index (χ4v) is 11.0. The number of aliphatic hydroxyl groups is 1. The molecule has 12 heteroatoms. The predicted molar refractivity (Wildman–Crippen MR) is 344 cm³/mol. The van der Waals surface area contributed by atoms with Crippen molar-refractivity contribution in [1.82, 2.24) is 0 Å². The molecule has 3 atom stereocenters. The summed E-state index contributed by atoms with van der Waals surface area (Å²) in [5.41, 5.74) is 0. The van der Waals surface area contributed by atoms with Gasteiger partial charge >= 0.3 is 25.7 Å². The molecule has 0 bridgehead atoms. The third kappa shape index (κ3) is 62.2. The van der Waals surface area contributed by atoms with Gasteiger partial charge in [-0.25, -0.2) is 4.57 Å². The van der Waals surface area contributed by atoms with E-state index < -0.39 is 57.8 Å². The van der Waals surface area contributed by atoms with Crippen molar-refractivity contribution in [2.75, 3.05) is 26.4 Å². The van der Waals surface area contributed by atoms with Crippen LogP contribution in [0.2, 0.25) is 0 Å². The Kier molecular flexibility index (Phi) is 62.9. The molecule has 3 unspecified atom stereocenters. The van der Waals surface area contributed by atoms with E-state index in [1.165, 1.54) is 225 Å². The summed E-state index contributed by atoms with van der Waals surface area (Å²) in [4.78, 5) is 48.9. The first-order chi connectivity index (χ1) is 40.2. The number of allylic oxidation sites excluding steroid dienone is 6. The lowest BCUT2D eigenvalue weighted by atomic mass is 10.0. The van der Waals surface area contributed by atoms with Crippen LogP contribution in [-0.4, -0.2) is 66.5 Å². The highest BCUT2D eigenvalue weighted by atomic mass is 31.2. The zero-order valence-electron chi connectivity index (χ0n) is 53.7. The van der Waals surface area contributed by atoms with E-state index in [1.54, 1.807) is 0 Å².